The third-order valence-electron chi connectivity index (χ3n) is 8.64. The molecular formula is C42H44N2. The van der Waals surface area contributed by atoms with Crippen molar-refractivity contribution < 1.29 is 0 Å². The van der Waals surface area contributed by atoms with E-state index in [2.05, 4.69) is 150 Å². The number of fused-ring (bicyclic) bond motifs is 1. The minimum absolute atomic E-state index is 0.308. The molecule has 2 unspecified atom stereocenters. The van der Waals surface area contributed by atoms with Gasteiger partial charge in [0.25, 0.3) is 0 Å². The Hall–Kier alpha value is -4.56. The third kappa shape index (κ3) is 7.14. The van der Waals surface area contributed by atoms with Gasteiger partial charge in [0.2, 0.25) is 0 Å². The zero-order valence-corrected chi connectivity index (χ0v) is 26.8. The average molecular weight is 577 g/mol. The molecule has 0 spiro atoms. The number of hydrogen-bond acceptors (Lipinski definition) is 2. The molecule has 0 bridgehead atoms. The summed E-state index contributed by atoms with van der Waals surface area (Å²) in [5, 5.41) is 7.64. The maximum atomic E-state index is 7.64. The fourth-order valence-electron chi connectivity index (χ4n) is 6.31. The fourth-order valence-corrected chi connectivity index (χ4v) is 6.31. The van der Waals surface area contributed by atoms with Gasteiger partial charge in [-0.2, -0.15) is 0 Å². The second-order valence-electron chi connectivity index (χ2n) is 12.1. The Kier molecular flexibility index (Phi) is 10.0. The van der Waals surface area contributed by atoms with E-state index in [0.29, 0.717) is 18.4 Å². The molecule has 0 saturated carbocycles. The van der Waals surface area contributed by atoms with Gasteiger partial charge in [-0.1, -0.05) is 138 Å². The van der Waals surface area contributed by atoms with Crippen molar-refractivity contribution in [2.45, 2.75) is 59.3 Å². The van der Waals surface area contributed by atoms with Gasteiger partial charge in [-0.25, -0.2) is 0 Å². The fraction of sp³-hybridized carbons (Fsp3) is 0.238. The first kappa shape index (κ1) is 30.9. The van der Waals surface area contributed by atoms with E-state index in [9.17, 15) is 0 Å². The molecular weight excluding hydrogens is 532 g/mol. The van der Waals surface area contributed by atoms with Crippen molar-refractivity contribution in [1.29, 1.82) is 5.41 Å². The highest BCUT2D eigenvalue weighted by molar-refractivity contribution is 6.10. The van der Waals surface area contributed by atoms with Crippen LogP contribution in [0.25, 0.3) is 5.57 Å². The quantitative estimate of drug-likeness (QED) is 0.184. The van der Waals surface area contributed by atoms with E-state index in [4.69, 9.17) is 10.4 Å². The Bertz CT molecular complexity index is 1740. The van der Waals surface area contributed by atoms with Gasteiger partial charge >= 0.3 is 0 Å². The van der Waals surface area contributed by atoms with Crippen LogP contribution < -0.4 is 0 Å². The van der Waals surface area contributed by atoms with Crippen LogP contribution in [0.15, 0.2) is 137 Å². The van der Waals surface area contributed by atoms with Gasteiger partial charge in [0, 0.05) is 23.6 Å². The summed E-state index contributed by atoms with van der Waals surface area (Å²) < 4.78 is 0. The van der Waals surface area contributed by atoms with Crippen molar-refractivity contribution >= 4 is 17.5 Å². The molecule has 0 aromatic heterocycles. The molecule has 0 amide bonds. The summed E-state index contributed by atoms with van der Waals surface area (Å²) in [6.07, 6.45) is 21.2. The molecule has 2 aliphatic rings. The minimum atomic E-state index is 0.308. The molecule has 2 atom stereocenters. The summed E-state index contributed by atoms with van der Waals surface area (Å²) in [6, 6.07) is 24.3. The van der Waals surface area contributed by atoms with Gasteiger partial charge in [0.1, 0.15) is 0 Å². The van der Waals surface area contributed by atoms with Crippen molar-refractivity contribution in [3.63, 3.8) is 0 Å². The number of allylic oxidation sites excluding steroid dienone is 12. The lowest BCUT2D eigenvalue weighted by Gasteiger charge is -2.35. The lowest BCUT2D eigenvalue weighted by molar-refractivity contribution is 0.797. The van der Waals surface area contributed by atoms with Gasteiger partial charge in [0.05, 0.1) is 12.3 Å². The SMILES string of the molecule is C\C(C=C1c2ccc(C)cc2C1c1ccccc1)=C/C=C\C(C)=C\C(=NCC=N)c1ccc(C)cc1C(C)C1=CC=CCC1. The average Bonchev–Trinajstić information content (AvgIpc) is 3.03. The standard InChI is InChI=1S/C42H44N2/c1-29(26-39-36-21-19-32(4)27-40(36)42(39)35-17-10-7-11-18-35)13-12-14-30(2)28-41(44-24-23-43)37-22-20-31(3)25-38(37)33(5)34-15-8-6-9-16-34/h6-8,10-15,17-23,25-28,33,42-43H,9,16,24H2,1-5H3/b14-12-,29-13+,30-28+,39-26?,43-23?,44-41?. The second-order valence-corrected chi connectivity index (χ2v) is 12.1. The van der Waals surface area contributed by atoms with E-state index in [1.165, 1.54) is 56.3 Å². The Morgan fingerprint density at radius 3 is 2.50 bits per heavy atom. The third-order valence-corrected chi connectivity index (χ3v) is 8.64. The minimum Gasteiger partial charge on any atom is -0.311 e. The molecule has 2 heteroatoms. The summed E-state index contributed by atoms with van der Waals surface area (Å²) in [7, 11) is 0. The highest BCUT2D eigenvalue weighted by Gasteiger charge is 2.32. The van der Waals surface area contributed by atoms with Crippen molar-refractivity contribution in [3.05, 3.63) is 171 Å². The highest BCUT2D eigenvalue weighted by Crippen LogP contribution is 2.50. The van der Waals surface area contributed by atoms with Gasteiger partial charge in [-0.05, 0) is 80.0 Å². The van der Waals surface area contributed by atoms with E-state index in [-0.39, 0.29) is 0 Å². The molecule has 0 radical (unpaired) electrons. The van der Waals surface area contributed by atoms with E-state index in [1.807, 2.05) is 0 Å². The van der Waals surface area contributed by atoms with Crippen LogP contribution in [-0.4, -0.2) is 18.5 Å². The maximum Gasteiger partial charge on any atom is 0.0742 e. The predicted octanol–water partition coefficient (Wildman–Crippen LogP) is 10.8. The van der Waals surface area contributed by atoms with Crippen LogP contribution in [0, 0.1) is 19.3 Å². The van der Waals surface area contributed by atoms with Crippen LogP contribution in [0.3, 0.4) is 0 Å². The molecule has 3 aromatic rings. The molecule has 2 nitrogen and oxygen atoms in total. The summed E-state index contributed by atoms with van der Waals surface area (Å²) in [5.41, 5.74) is 15.2. The Morgan fingerprint density at radius 2 is 1.75 bits per heavy atom. The number of benzene rings is 3. The Balaban J connectivity index is 1.41. The van der Waals surface area contributed by atoms with Gasteiger partial charge in [0.15, 0.2) is 0 Å². The topological polar surface area (TPSA) is 36.2 Å². The van der Waals surface area contributed by atoms with Crippen LogP contribution in [0.5, 0.6) is 0 Å². The molecule has 3 aromatic carbocycles. The number of rotatable bonds is 10. The van der Waals surface area contributed by atoms with Crippen molar-refractivity contribution in [2.24, 2.45) is 4.99 Å². The van der Waals surface area contributed by atoms with Crippen LogP contribution in [-0.2, 0) is 0 Å². The van der Waals surface area contributed by atoms with Gasteiger partial charge in [-0.3, -0.25) is 4.99 Å². The number of nitrogens with zero attached hydrogens (tertiary/aromatic N) is 1. The van der Waals surface area contributed by atoms with E-state index in [1.54, 1.807) is 0 Å². The summed E-state index contributed by atoms with van der Waals surface area (Å²) in [4.78, 5) is 4.84. The Morgan fingerprint density at radius 1 is 0.977 bits per heavy atom. The maximum absolute atomic E-state index is 7.64. The van der Waals surface area contributed by atoms with Crippen molar-refractivity contribution in [2.75, 3.05) is 6.54 Å². The largest absolute Gasteiger partial charge is 0.311 e. The Labute approximate surface area is 264 Å². The number of aryl methyl sites for hydroxylation is 2. The highest BCUT2D eigenvalue weighted by atomic mass is 14.7. The molecule has 1 N–H and O–H groups in total. The lowest BCUT2D eigenvalue weighted by atomic mass is 9.68. The lowest BCUT2D eigenvalue weighted by Crippen LogP contribution is -2.17. The van der Waals surface area contributed by atoms with Crippen LogP contribution in [0.1, 0.15) is 84.4 Å². The smallest absolute Gasteiger partial charge is 0.0742 e. The monoisotopic (exact) mass is 576 g/mol. The molecule has 0 heterocycles. The number of hydrogen-bond donors (Lipinski definition) is 1. The van der Waals surface area contributed by atoms with Gasteiger partial charge in [-0.15, -0.1) is 0 Å². The number of nitrogens with one attached hydrogen (secondary N) is 1. The molecule has 0 fully saturated rings. The number of aliphatic imine (C=N–C) groups is 1. The summed E-state index contributed by atoms with van der Waals surface area (Å²) >= 11 is 0. The van der Waals surface area contributed by atoms with Crippen molar-refractivity contribution in [1.82, 2.24) is 0 Å². The first-order valence-corrected chi connectivity index (χ1v) is 15.8. The van der Waals surface area contributed by atoms with E-state index < -0.39 is 0 Å². The van der Waals surface area contributed by atoms with Crippen LogP contribution >= 0.6 is 0 Å². The zero-order valence-electron chi connectivity index (χ0n) is 26.8. The molecule has 2 aliphatic carbocycles. The molecule has 5 rings (SSSR count). The van der Waals surface area contributed by atoms with Crippen molar-refractivity contribution in [3.8, 4) is 0 Å². The second kappa shape index (κ2) is 14.3. The van der Waals surface area contributed by atoms with Crippen LogP contribution in [0.2, 0.25) is 0 Å². The molecule has 0 aliphatic heterocycles. The normalized spacial score (nSPS) is 18.7. The predicted molar refractivity (Wildman–Crippen MR) is 190 cm³/mol. The summed E-state index contributed by atoms with van der Waals surface area (Å²) in [6.45, 7) is 11.3. The van der Waals surface area contributed by atoms with E-state index >= 15 is 0 Å². The van der Waals surface area contributed by atoms with Gasteiger partial charge < -0.3 is 5.41 Å². The molecule has 44 heavy (non-hydrogen) atoms. The van der Waals surface area contributed by atoms with E-state index in [0.717, 1.165) is 29.7 Å². The summed E-state index contributed by atoms with van der Waals surface area (Å²) in [5.74, 6) is 0.627. The molecule has 222 valence electrons. The first-order valence-electron chi connectivity index (χ1n) is 15.8. The molecule has 0 saturated heterocycles. The first-order chi connectivity index (χ1) is 21.4. The van der Waals surface area contributed by atoms with Crippen LogP contribution in [0.4, 0.5) is 0 Å². The zero-order chi connectivity index (χ0) is 31.1.